The van der Waals surface area contributed by atoms with Crippen LogP contribution in [0.2, 0.25) is 14.8 Å². The van der Waals surface area contributed by atoms with Crippen LogP contribution in [0, 0.1) is 0 Å². The summed E-state index contributed by atoms with van der Waals surface area (Å²) in [6, 6.07) is 1.98. The molecule has 5 nitrogen and oxygen atoms in total. The van der Waals surface area contributed by atoms with Gasteiger partial charge in [-0.2, -0.15) is 0 Å². The van der Waals surface area contributed by atoms with Crippen molar-refractivity contribution in [3.05, 3.63) is 17.8 Å². The van der Waals surface area contributed by atoms with E-state index in [4.69, 9.17) is 0 Å². The summed E-state index contributed by atoms with van der Waals surface area (Å²) < 4.78 is 44.3. The van der Waals surface area contributed by atoms with Crippen molar-refractivity contribution in [3.63, 3.8) is 0 Å². The van der Waals surface area contributed by atoms with Crippen LogP contribution in [0.15, 0.2) is 12.3 Å². The number of aromatic nitrogens is 1. The number of carbonyl (C=O) groups is 1. The van der Waals surface area contributed by atoms with Crippen LogP contribution in [0.3, 0.4) is 0 Å². The molecule has 1 amide bonds. The molecule has 0 saturated heterocycles. The monoisotopic (exact) mass is 497 g/mol. The van der Waals surface area contributed by atoms with Crippen LogP contribution in [-0.4, -0.2) is 60.2 Å². The molecular formula is C18H30F3N3O2Sn. The first-order valence-electron chi connectivity index (χ1n) is 8.89. The summed E-state index contributed by atoms with van der Waals surface area (Å²) in [5, 5.41) is 5.67. The number of alkyl halides is 3. The molecule has 0 aliphatic rings. The van der Waals surface area contributed by atoms with E-state index in [1.165, 1.54) is 20.0 Å². The van der Waals surface area contributed by atoms with Crippen LogP contribution in [0.25, 0.3) is 0 Å². The standard InChI is InChI=1S/C15H21F3N3O2.3CH3.Sn/c1-9(2)21-11-5-6-19-7-10(11)13(22)20-8-12(16)15(3,4)23-14(17)18;;;;/h5,7,9,12,14H,8H2,1-4H3,(H,19,21)(H,20,22);3*1H3;/t12-;;;;/m1..../s1. The third kappa shape index (κ3) is 7.48. The summed E-state index contributed by atoms with van der Waals surface area (Å²) in [4.78, 5) is 23.6. The number of hydrogen-bond donors (Lipinski definition) is 2. The van der Waals surface area contributed by atoms with Crippen molar-refractivity contribution in [2.24, 2.45) is 0 Å². The molecule has 9 heteroatoms. The summed E-state index contributed by atoms with van der Waals surface area (Å²) in [5.41, 5.74) is -0.788. The predicted octanol–water partition coefficient (Wildman–Crippen LogP) is 3.53. The number of amides is 1. The second-order valence-electron chi connectivity index (χ2n) is 8.32. The Bertz CT molecular complexity index is 649. The summed E-state index contributed by atoms with van der Waals surface area (Å²) in [6.45, 7) is 2.80. The molecule has 0 radical (unpaired) electrons. The fourth-order valence-corrected chi connectivity index (χ4v) is 5.24. The van der Waals surface area contributed by atoms with Crippen LogP contribution < -0.4 is 14.3 Å². The van der Waals surface area contributed by atoms with Gasteiger partial charge in [-0.15, -0.1) is 0 Å². The average Bonchev–Trinajstić information content (AvgIpc) is 2.49. The van der Waals surface area contributed by atoms with Crippen molar-refractivity contribution >= 4 is 33.7 Å². The third-order valence-corrected chi connectivity index (χ3v) is 9.12. The van der Waals surface area contributed by atoms with Gasteiger partial charge in [-0.25, -0.2) is 0 Å². The Kier molecular flexibility index (Phi) is 8.40. The molecule has 2 N–H and O–H groups in total. The number of anilines is 1. The Hall–Kier alpha value is -1.03. The van der Waals surface area contributed by atoms with Gasteiger partial charge >= 0.3 is 163 Å². The molecule has 0 aliphatic heterocycles. The first-order chi connectivity index (χ1) is 12.2. The maximum atomic E-state index is 14.3. The number of nitrogens with zero attached hydrogens (tertiary/aromatic N) is 1. The van der Waals surface area contributed by atoms with Gasteiger partial charge in [0.25, 0.3) is 0 Å². The fraction of sp³-hybridized carbons (Fsp3) is 0.667. The number of ether oxygens (including phenoxy) is 1. The summed E-state index contributed by atoms with van der Waals surface area (Å²) in [5.74, 6) is -0.517. The summed E-state index contributed by atoms with van der Waals surface area (Å²) in [7, 11) is 0. The molecule has 1 atom stereocenters. The van der Waals surface area contributed by atoms with Crippen molar-refractivity contribution in [1.82, 2.24) is 10.3 Å². The number of pyridine rings is 1. The van der Waals surface area contributed by atoms with E-state index in [1.54, 1.807) is 0 Å². The molecule has 1 rings (SSSR count). The number of rotatable bonds is 9. The van der Waals surface area contributed by atoms with Crippen molar-refractivity contribution in [1.29, 1.82) is 0 Å². The van der Waals surface area contributed by atoms with Crippen LogP contribution >= 0.6 is 0 Å². The Labute approximate surface area is 163 Å². The van der Waals surface area contributed by atoms with Gasteiger partial charge in [0.15, 0.2) is 0 Å². The van der Waals surface area contributed by atoms with E-state index < -0.39 is 49.2 Å². The molecule has 154 valence electrons. The molecule has 1 heterocycles. The van der Waals surface area contributed by atoms with E-state index in [-0.39, 0.29) is 6.04 Å². The van der Waals surface area contributed by atoms with Crippen molar-refractivity contribution in [2.45, 2.75) is 66.9 Å². The molecule has 1 aromatic heterocycles. The van der Waals surface area contributed by atoms with Gasteiger partial charge in [0.2, 0.25) is 0 Å². The minimum absolute atomic E-state index is 0.0919. The molecule has 0 saturated carbocycles. The molecule has 0 aromatic carbocycles. The van der Waals surface area contributed by atoms with Crippen LogP contribution in [-0.2, 0) is 4.74 Å². The molecular weight excluding hydrogens is 466 g/mol. The van der Waals surface area contributed by atoms with Crippen LogP contribution in [0.1, 0.15) is 38.1 Å². The molecule has 0 fully saturated rings. The van der Waals surface area contributed by atoms with E-state index in [2.05, 4.69) is 35.2 Å². The second kappa shape index (κ2) is 9.45. The van der Waals surface area contributed by atoms with Gasteiger partial charge in [-0.3, -0.25) is 0 Å². The number of carbonyl (C=O) groups excluding carboxylic acids is 1. The summed E-state index contributed by atoms with van der Waals surface area (Å²) >= 11 is -2.44. The Morgan fingerprint density at radius 1 is 1.26 bits per heavy atom. The van der Waals surface area contributed by atoms with Gasteiger partial charge in [0.1, 0.15) is 0 Å². The molecule has 0 unspecified atom stereocenters. The zero-order valence-electron chi connectivity index (χ0n) is 17.0. The quantitative estimate of drug-likeness (QED) is 0.514. The maximum absolute atomic E-state index is 14.3. The number of hydrogen-bond acceptors (Lipinski definition) is 4. The van der Waals surface area contributed by atoms with Gasteiger partial charge < -0.3 is 0 Å². The summed E-state index contributed by atoms with van der Waals surface area (Å²) in [6.07, 6.45) is -0.305. The van der Waals surface area contributed by atoms with Gasteiger partial charge in [0, 0.05) is 0 Å². The Morgan fingerprint density at radius 2 is 1.85 bits per heavy atom. The fourth-order valence-electron chi connectivity index (χ4n) is 2.30. The predicted molar refractivity (Wildman–Crippen MR) is 104 cm³/mol. The first kappa shape index (κ1) is 24.0. The number of halogens is 3. The first-order valence-corrected chi connectivity index (χ1v) is 18.9. The number of nitrogens with one attached hydrogen (secondary N) is 2. The van der Waals surface area contributed by atoms with E-state index >= 15 is 0 Å². The second-order valence-corrected chi connectivity index (χ2v) is 22.6. The molecule has 27 heavy (non-hydrogen) atoms. The normalized spacial score (nSPS) is 13.8. The topological polar surface area (TPSA) is 63.2 Å². The third-order valence-electron chi connectivity index (χ3n) is 3.95. The van der Waals surface area contributed by atoms with E-state index in [0.29, 0.717) is 11.3 Å². The van der Waals surface area contributed by atoms with E-state index in [9.17, 15) is 18.0 Å². The van der Waals surface area contributed by atoms with Crippen molar-refractivity contribution in [2.75, 3.05) is 11.9 Å². The molecule has 1 aromatic rings. The van der Waals surface area contributed by atoms with Gasteiger partial charge in [-0.1, -0.05) is 0 Å². The van der Waals surface area contributed by atoms with Crippen LogP contribution in [0.4, 0.5) is 18.9 Å². The Morgan fingerprint density at radius 3 is 2.33 bits per heavy atom. The van der Waals surface area contributed by atoms with E-state index in [0.717, 1.165) is 3.71 Å². The van der Waals surface area contributed by atoms with Gasteiger partial charge in [0.05, 0.1) is 0 Å². The Balaban J connectivity index is 2.96. The van der Waals surface area contributed by atoms with Crippen molar-refractivity contribution in [3.8, 4) is 0 Å². The molecule has 0 aliphatic carbocycles. The van der Waals surface area contributed by atoms with Gasteiger partial charge in [-0.05, 0) is 0 Å². The zero-order chi connectivity index (χ0) is 21.0. The molecule has 0 bridgehead atoms. The average molecular weight is 496 g/mol. The van der Waals surface area contributed by atoms with Crippen molar-refractivity contribution < 1.29 is 22.7 Å². The van der Waals surface area contributed by atoms with E-state index in [1.807, 2.05) is 19.9 Å². The zero-order valence-corrected chi connectivity index (χ0v) is 19.8. The minimum atomic E-state index is -3.09. The van der Waals surface area contributed by atoms with Crippen LogP contribution in [0.5, 0.6) is 0 Å². The SMILES string of the molecule is CC(C)Nc1c[c]([Sn]([CH3])([CH3])[CH3])ncc1C(=O)NC[C@@H](F)C(C)(C)OC(F)F. The molecule has 0 spiro atoms.